The fourth-order valence-electron chi connectivity index (χ4n) is 1.55. The van der Waals surface area contributed by atoms with Crippen molar-refractivity contribution in [2.24, 2.45) is 7.05 Å². The van der Waals surface area contributed by atoms with Gasteiger partial charge in [-0.2, -0.15) is 5.10 Å². The summed E-state index contributed by atoms with van der Waals surface area (Å²) in [6, 6.07) is 1.81. The third-order valence-electron chi connectivity index (χ3n) is 2.18. The molecule has 2 heterocycles. The molecule has 5 heteroatoms. The highest BCUT2D eigenvalue weighted by Gasteiger charge is 2.15. The SMILES string of the molecule is Cc1cc(-c2cnn(C)c2)c(C(=O)O)[nH]1. The maximum Gasteiger partial charge on any atom is 0.352 e. The third-order valence-corrected chi connectivity index (χ3v) is 2.18. The fourth-order valence-corrected chi connectivity index (χ4v) is 1.55. The molecule has 0 aliphatic rings. The molecule has 0 aliphatic heterocycles. The Morgan fingerprint density at radius 3 is 2.87 bits per heavy atom. The van der Waals surface area contributed by atoms with Crippen LogP contribution in [0.2, 0.25) is 0 Å². The van der Waals surface area contributed by atoms with Crippen LogP contribution in [0.1, 0.15) is 16.2 Å². The first-order valence-electron chi connectivity index (χ1n) is 4.50. The third kappa shape index (κ3) is 1.63. The van der Waals surface area contributed by atoms with Gasteiger partial charge in [0, 0.05) is 30.1 Å². The fraction of sp³-hybridized carbons (Fsp3) is 0.200. The van der Waals surface area contributed by atoms with Crippen molar-refractivity contribution in [1.82, 2.24) is 14.8 Å². The highest BCUT2D eigenvalue weighted by molar-refractivity contribution is 5.94. The number of aromatic carboxylic acids is 1. The first kappa shape index (κ1) is 9.51. The monoisotopic (exact) mass is 205 g/mol. The molecule has 0 aromatic carbocycles. The summed E-state index contributed by atoms with van der Waals surface area (Å²) in [5, 5.41) is 13.0. The zero-order chi connectivity index (χ0) is 11.0. The second-order valence-corrected chi connectivity index (χ2v) is 3.45. The normalized spacial score (nSPS) is 10.5. The van der Waals surface area contributed by atoms with Gasteiger partial charge in [0.05, 0.1) is 6.20 Å². The smallest absolute Gasteiger partial charge is 0.352 e. The summed E-state index contributed by atoms with van der Waals surface area (Å²) in [7, 11) is 1.80. The summed E-state index contributed by atoms with van der Waals surface area (Å²) in [6.07, 6.45) is 3.43. The number of H-pyrrole nitrogens is 1. The lowest BCUT2D eigenvalue weighted by Gasteiger charge is -1.94. The molecule has 2 N–H and O–H groups in total. The number of aromatic nitrogens is 3. The second kappa shape index (κ2) is 3.27. The topological polar surface area (TPSA) is 70.9 Å². The highest BCUT2D eigenvalue weighted by Crippen LogP contribution is 2.23. The Hall–Kier alpha value is -2.04. The van der Waals surface area contributed by atoms with Crippen molar-refractivity contribution in [1.29, 1.82) is 0 Å². The van der Waals surface area contributed by atoms with Crippen molar-refractivity contribution in [3.8, 4) is 11.1 Å². The number of aromatic amines is 1. The Bertz CT molecular complexity index is 510. The maximum atomic E-state index is 11.0. The Morgan fingerprint density at radius 2 is 2.33 bits per heavy atom. The molecule has 0 atom stereocenters. The van der Waals surface area contributed by atoms with E-state index >= 15 is 0 Å². The van der Waals surface area contributed by atoms with Gasteiger partial charge in [-0.1, -0.05) is 0 Å². The molecular formula is C10H11N3O2. The molecule has 15 heavy (non-hydrogen) atoms. The van der Waals surface area contributed by atoms with Crippen LogP contribution in [0.4, 0.5) is 0 Å². The van der Waals surface area contributed by atoms with E-state index < -0.39 is 5.97 Å². The van der Waals surface area contributed by atoms with Crippen LogP contribution in [0.25, 0.3) is 11.1 Å². The molecule has 0 aliphatic carbocycles. The predicted molar refractivity (Wildman–Crippen MR) is 54.7 cm³/mol. The standard InChI is InChI=1S/C10H11N3O2/c1-6-3-8(9(12-6)10(14)15)7-4-11-13(2)5-7/h3-5,12H,1-2H3,(H,14,15). The average Bonchev–Trinajstić information content (AvgIpc) is 2.71. The second-order valence-electron chi connectivity index (χ2n) is 3.45. The molecule has 2 rings (SSSR count). The average molecular weight is 205 g/mol. The van der Waals surface area contributed by atoms with Gasteiger partial charge in [-0.3, -0.25) is 4.68 Å². The summed E-state index contributed by atoms with van der Waals surface area (Å²) in [6.45, 7) is 1.83. The molecule has 2 aromatic heterocycles. The van der Waals surface area contributed by atoms with Gasteiger partial charge in [0.15, 0.2) is 0 Å². The van der Waals surface area contributed by atoms with Gasteiger partial charge in [-0.25, -0.2) is 4.79 Å². The van der Waals surface area contributed by atoms with Gasteiger partial charge in [0.25, 0.3) is 0 Å². The molecule has 0 amide bonds. The maximum absolute atomic E-state index is 11.0. The lowest BCUT2D eigenvalue weighted by atomic mass is 10.1. The quantitative estimate of drug-likeness (QED) is 0.778. The number of aryl methyl sites for hydroxylation is 2. The van der Waals surface area contributed by atoms with Crippen LogP contribution >= 0.6 is 0 Å². The molecule has 0 radical (unpaired) electrons. The van der Waals surface area contributed by atoms with Gasteiger partial charge in [-0.15, -0.1) is 0 Å². The summed E-state index contributed by atoms with van der Waals surface area (Å²) >= 11 is 0. The Morgan fingerprint density at radius 1 is 1.60 bits per heavy atom. The number of carboxylic acid groups (broad SMARTS) is 1. The van der Waals surface area contributed by atoms with E-state index in [0.717, 1.165) is 11.3 Å². The van der Waals surface area contributed by atoms with Crippen LogP contribution in [0.15, 0.2) is 18.5 Å². The first-order valence-corrected chi connectivity index (χ1v) is 4.50. The van der Waals surface area contributed by atoms with E-state index in [4.69, 9.17) is 5.11 Å². The van der Waals surface area contributed by atoms with Gasteiger partial charge < -0.3 is 10.1 Å². The number of carboxylic acids is 1. The molecule has 5 nitrogen and oxygen atoms in total. The Kier molecular flexibility index (Phi) is 2.07. The Labute approximate surface area is 86.4 Å². The van der Waals surface area contributed by atoms with Crippen LogP contribution in [0, 0.1) is 6.92 Å². The van der Waals surface area contributed by atoms with E-state index in [1.807, 2.05) is 6.92 Å². The zero-order valence-electron chi connectivity index (χ0n) is 8.48. The molecular weight excluding hydrogens is 194 g/mol. The van der Waals surface area contributed by atoms with Crippen LogP contribution in [-0.2, 0) is 7.05 Å². The van der Waals surface area contributed by atoms with E-state index in [9.17, 15) is 4.79 Å². The number of nitrogens with zero attached hydrogens (tertiary/aromatic N) is 2. The molecule has 0 saturated heterocycles. The lowest BCUT2D eigenvalue weighted by molar-refractivity contribution is 0.0692. The largest absolute Gasteiger partial charge is 0.477 e. The number of nitrogens with one attached hydrogen (secondary N) is 1. The van der Waals surface area contributed by atoms with Gasteiger partial charge in [0.1, 0.15) is 5.69 Å². The first-order chi connectivity index (χ1) is 7.08. The number of hydrogen-bond acceptors (Lipinski definition) is 2. The Balaban J connectivity index is 2.56. The summed E-state index contributed by atoms with van der Waals surface area (Å²) < 4.78 is 1.64. The minimum Gasteiger partial charge on any atom is -0.477 e. The van der Waals surface area contributed by atoms with Crippen molar-refractivity contribution >= 4 is 5.97 Å². The van der Waals surface area contributed by atoms with Crippen molar-refractivity contribution in [3.63, 3.8) is 0 Å². The van der Waals surface area contributed by atoms with Crippen LogP contribution in [0.3, 0.4) is 0 Å². The van der Waals surface area contributed by atoms with E-state index in [2.05, 4.69) is 10.1 Å². The lowest BCUT2D eigenvalue weighted by Crippen LogP contribution is -1.98. The highest BCUT2D eigenvalue weighted by atomic mass is 16.4. The molecule has 0 fully saturated rings. The summed E-state index contributed by atoms with van der Waals surface area (Å²) in [5.41, 5.74) is 2.51. The van der Waals surface area contributed by atoms with E-state index in [1.54, 1.807) is 30.2 Å². The molecule has 0 saturated carbocycles. The van der Waals surface area contributed by atoms with Gasteiger partial charge in [0.2, 0.25) is 0 Å². The van der Waals surface area contributed by atoms with Crippen molar-refractivity contribution in [2.45, 2.75) is 6.92 Å². The molecule has 0 unspecified atom stereocenters. The van der Waals surface area contributed by atoms with E-state index in [0.29, 0.717) is 5.56 Å². The number of carbonyl (C=O) groups is 1. The molecule has 78 valence electrons. The van der Waals surface area contributed by atoms with Gasteiger partial charge >= 0.3 is 5.97 Å². The van der Waals surface area contributed by atoms with Crippen LogP contribution < -0.4 is 0 Å². The molecule has 2 aromatic rings. The summed E-state index contributed by atoms with van der Waals surface area (Å²) in [4.78, 5) is 13.8. The number of rotatable bonds is 2. The molecule has 0 bridgehead atoms. The van der Waals surface area contributed by atoms with E-state index in [-0.39, 0.29) is 5.69 Å². The zero-order valence-corrected chi connectivity index (χ0v) is 8.48. The van der Waals surface area contributed by atoms with Crippen molar-refractivity contribution < 1.29 is 9.90 Å². The number of hydrogen-bond donors (Lipinski definition) is 2. The summed E-state index contributed by atoms with van der Waals surface area (Å²) in [5.74, 6) is -0.957. The predicted octanol–water partition coefficient (Wildman–Crippen LogP) is 1.42. The molecule has 0 spiro atoms. The van der Waals surface area contributed by atoms with Crippen LogP contribution in [0.5, 0.6) is 0 Å². The minimum absolute atomic E-state index is 0.209. The van der Waals surface area contributed by atoms with Crippen LogP contribution in [-0.4, -0.2) is 25.8 Å². The van der Waals surface area contributed by atoms with Crippen molar-refractivity contribution in [3.05, 3.63) is 29.8 Å². The van der Waals surface area contributed by atoms with Gasteiger partial charge in [-0.05, 0) is 13.0 Å². The van der Waals surface area contributed by atoms with Crippen molar-refractivity contribution in [2.75, 3.05) is 0 Å². The van der Waals surface area contributed by atoms with E-state index in [1.165, 1.54) is 0 Å². The minimum atomic E-state index is -0.957.